The van der Waals surface area contributed by atoms with Crippen LogP contribution in [0.2, 0.25) is 0 Å². The summed E-state index contributed by atoms with van der Waals surface area (Å²) in [5.74, 6) is 0. The molecule has 1 aliphatic carbocycles. The van der Waals surface area contributed by atoms with Crippen LogP contribution < -0.4 is 5.56 Å². The molecule has 0 saturated carbocycles. The fraction of sp³-hybridized carbons (Fsp3) is 0.190. The van der Waals surface area contributed by atoms with Gasteiger partial charge >= 0.3 is 0 Å². The summed E-state index contributed by atoms with van der Waals surface area (Å²) in [5, 5.41) is 18.8. The van der Waals surface area contributed by atoms with Gasteiger partial charge < -0.3 is 0 Å². The van der Waals surface area contributed by atoms with Crippen molar-refractivity contribution in [3.05, 3.63) is 68.4 Å². The molecule has 0 aliphatic heterocycles. The molecule has 0 unspecified atom stereocenters. The van der Waals surface area contributed by atoms with Gasteiger partial charge in [0.2, 0.25) is 0 Å². The predicted molar refractivity (Wildman–Crippen MR) is 113 cm³/mol. The number of hydrogen-bond donors (Lipinski definition) is 0. The van der Waals surface area contributed by atoms with Gasteiger partial charge in [0, 0.05) is 4.88 Å². The molecule has 0 spiro atoms. The number of thiophene rings is 1. The van der Waals surface area contributed by atoms with Crippen molar-refractivity contribution >= 4 is 33.3 Å². The Morgan fingerprint density at radius 1 is 1.14 bits per heavy atom. The Balaban J connectivity index is 1.72. The van der Waals surface area contributed by atoms with E-state index in [1.165, 1.54) is 16.6 Å². The van der Waals surface area contributed by atoms with Gasteiger partial charge in [0.15, 0.2) is 10.9 Å². The summed E-state index contributed by atoms with van der Waals surface area (Å²) in [4.78, 5) is 20.5. The van der Waals surface area contributed by atoms with Crippen LogP contribution in [0.5, 0.6) is 0 Å². The molecule has 5 rings (SSSR count). The number of fused-ring (bicyclic) bond motifs is 3. The van der Waals surface area contributed by atoms with Crippen molar-refractivity contribution in [1.29, 1.82) is 5.26 Å². The highest BCUT2D eigenvalue weighted by Gasteiger charge is 2.24. The van der Waals surface area contributed by atoms with E-state index in [-0.39, 0.29) is 11.3 Å². The van der Waals surface area contributed by atoms with E-state index in [9.17, 15) is 4.79 Å². The zero-order chi connectivity index (χ0) is 20.0. The van der Waals surface area contributed by atoms with E-state index in [2.05, 4.69) is 10.2 Å². The first-order valence-corrected chi connectivity index (χ1v) is 10.8. The first-order valence-electron chi connectivity index (χ1n) is 9.20. The van der Waals surface area contributed by atoms with Gasteiger partial charge in [0.05, 0.1) is 11.1 Å². The lowest BCUT2D eigenvalue weighted by Crippen LogP contribution is -2.21. The molecular weight excluding hydrogens is 402 g/mol. The topological polar surface area (TPSA) is 84.5 Å². The monoisotopic (exact) mass is 417 g/mol. The zero-order valence-corrected chi connectivity index (χ0v) is 17.2. The Kier molecular flexibility index (Phi) is 4.42. The van der Waals surface area contributed by atoms with Crippen LogP contribution in [0.4, 0.5) is 0 Å². The number of nitrogens with zero attached hydrogens (tertiary/aromatic N) is 5. The van der Waals surface area contributed by atoms with Gasteiger partial charge in [0.25, 0.3) is 5.56 Å². The summed E-state index contributed by atoms with van der Waals surface area (Å²) in [6.45, 7) is 2.02. The minimum Gasteiger partial charge on any atom is -0.268 e. The van der Waals surface area contributed by atoms with E-state index in [4.69, 9.17) is 10.2 Å². The third-order valence-electron chi connectivity index (χ3n) is 4.95. The summed E-state index contributed by atoms with van der Waals surface area (Å²) in [6, 6.07) is 13.1. The second kappa shape index (κ2) is 7.10. The van der Waals surface area contributed by atoms with E-state index in [0.717, 1.165) is 46.3 Å². The van der Waals surface area contributed by atoms with Crippen molar-refractivity contribution in [2.75, 3.05) is 0 Å². The zero-order valence-electron chi connectivity index (χ0n) is 15.5. The molecule has 1 aromatic carbocycles. The van der Waals surface area contributed by atoms with Gasteiger partial charge in [-0.15, -0.1) is 21.5 Å². The molecule has 0 atom stereocenters. The lowest BCUT2D eigenvalue weighted by Gasteiger charge is -2.12. The van der Waals surface area contributed by atoms with Gasteiger partial charge in [0.1, 0.15) is 15.9 Å². The van der Waals surface area contributed by atoms with Crippen molar-refractivity contribution in [2.24, 2.45) is 0 Å². The van der Waals surface area contributed by atoms with Crippen LogP contribution in [0.1, 0.15) is 28.1 Å². The average molecular weight is 418 g/mol. The van der Waals surface area contributed by atoms with Crippen molar-refractivity contribution in [3.63, 3.8) is 0 Å². The number of aromatic nitrogens is 4. The fourth-order valence-corrected chi connectivity index (χ4v) is 5.67. The highest BCUT2D eigenvalue weighted by atomic mass is 32.2. The average Bonchev–Trinajstić information content (AvgIpc) is 3.31. The molecule has 0 fully saturated rings. The van der Waals surface area contributed by atoms with Crippen LogP contribution in [0.25, 0.3) is 15.9 Å². The van der Waals surface area contributed by atoms with Crippen molar-refractivity contribution < 1.29 is 0 Å². The lowest BCUT2D eigenvalue weighted by molar-refractivity contribution is 0.814. The third kappa shape index (κ3) is 3.12. The lowest BCUT2D eigenvalue weighted by atomic mass is 10.2. The highest BCUT2D eigenvalue weighted by Crippen LogP contribution is 2.36. The summed E-state index contributed by atoms with van der Waals surface area (Å²) in [6.07, 6.45) is 3.05. The van der Waals surface area contributed by atoms with Crippen LogP contribution in [0, 0.1) is 18.3 Å². The van der Waals surface area contributed by atoms with Crippen LogP contribution in [-0.4, -0.2) is 19.7 Å². The Bertz CT molecular complexity index is 1330. The van der Waals surface area contributed by atoms with Crippen LogP contribution >= 0.6 is 23.1 Å². The summed E-state index contributed by atoms with van der Waals surface area (Å²) in [5.41, 5.74) is 3.28. The van der Waals surface area contributed by atoms with E-state index in [1.54, 1.807) is 28.0 Å². The number of rotatable bonds is 3. The normalized spacial score (nSPS) is 12.8. The molecule has 29 heavy (non-hydrogen) atoms. The first-order chi connectivity index (χ1) is 14.1. The largest absolute Gasteiger partial charge is 0.268 e. The SMILES string of the molecule is Cc1ccc(-n2c(Sc3ccc(C#N)nn3)nc3sc4c(c3c2=O)CCC4)cc1. The summed E-state index contributed by atoms with van der Waals surface area (Å²) >= 11 is 2.90. The molecule has 0 N–H and O–H groups in total. The molecule has 142 valence electrons. The fourth-order valence-electron chi connectivity index (χ4n) is 3.54. The number of hydrogen-bond acceptors (Lipinski definition) is 7. The molecule has 3 aromatic heterocycles. The van der Waals surface area contributed by atoms with Crippen LogP contribution in [0.3, 0.4) is 0 Å². The Labute approximate surface area is 174 Å². The molecule has 0 bridgehead atoms. The molecule has 4 aromatic rings. The quantitative estimate of drug-likeness (QED) is 0.468. The molecule has 0 saturated heterocycles. The number of aryl methyl sites for hydroxylation is 3. The van der Waals surface area contributed by atoms with Gasteiger partial charge in [-0.25, -0.2) is 4.98 Å². The molecule has 8 heteroatoms. The maximum Gasteiger partial charge on any atom is 0.267 e. The standard InChI is InChI=1S/C21H15N5OS2/c1-12-5-8-14(9-6-12)26-20(27)18-15-3-2-4-16(15)28-19(18)23-21(26)29-17-10-7-13(11-22)24-25-17/h5-10H,2-4H2,1H3. The second-order valence-corrected chi connectivity index (χ2v) is 8.95. The minimum absolute atomic E-state index is 0.0395. The number of nitriles is 1. The van der Waals surface area contributed by atoms with E-state index in [1.807, 2.05) is 37.3 Å². The smallest absolute Gasteiger partial charge is 0.267 e. The van der Waals surface area contributed by atoms with Gasteiger partial charge in [-0.05, 0) is 67.8 Å². The molecular formula is C21H15N5OS2. The second-order valence-electron chi connectivity index (χ2n) is 6.88. The van der Waals surface area contributed by atoms with E-state index >= 15 is 0 Å². The molecule has 3 heterocycles. The summed E-state index contributed by atoms with van der Waals surface area (Å²) in [7, 11) is 0. The Hall–Kier alpha value is -3.02. The van der Waals surface area contributed by atoms with Crippen molar-refractivity contribution in [1.82, 2.24) is 19.7 Å². The van der Waals surface area contributed by atoms with E-state index in [0.29, 0.717) is 10.2 Å². The maximum atomic E-state index is 13.6. The van der Waals surface area contributed by atoms with Gasteiger partial charge in [-0.1, -0.05) is 17.7 Å². The minimum atomic E-state index is -0.0395. The molecule has 1 aliphatic rings. The molecule has 0 radical (unpaired) electrons. The van der Waals surface area contributed by atoms with E-state index < -0.39 is 0 Å². The van der Waals surface area contributed by atoms with Crippen molar-refractivity contribution in [3.8, 4) is 11.8 Å². The molecule has 6 nitrogen and oxygen atoms in total. The Morgan fingerprint density at radius 3 is 2.69 bits per heavy atom. The predicted octanol–water partition coefficient (Wildman–Crippen LogP) is 4.06. The highest BCUT2D eigenvalue weighted by molar-refractivity contribution is 7.99. The maximum absolute atomic E-state index is 13.6. The third-order valence-corrected chi connectivity index (χ3v) is 7.02. The van der Waals surface area contributed by atoms with Gasteiger partial charge in [-0.3, -0.25) is 9.36 Å². The Morgan fingerprint density at radius 2 is 1.97 bits per heavy atom. The molecule has 0 amide bonds. The van der Waals surface area contributed by atoms with Crippen molar-refractivity contribution in [2.45, 2.75) is 36.4 Å². The summed E-state index contributed by atoms with van der Waals surface area (Å²) < 4.78 is 1.66. The first kappa shape index (κ1) is 18.0. The van der Waals surface area contributed by atoms with Crippen LogP contribution in [-0.2, 0) is 12.8 Å². The van der Waals surface area contributed by atoms with Crippen LogP contribution in [0.15, 0.2) is 51.4 Å². The van der Waals surface area contributed by atoms with Gasteiger partial charge in [-0.2, -0.15) is 5.26 Å². The number of benzene rings is 1.